The van der Waals surface area contributed by atoms with Crippen molar-refractivity contribution < 1.29 is 14.2 Å². The van der Waals surface area contributed by atoms with E-state index in [0.29, 0.717) is 35.0 Å². The average Bonchev–Trinajstić information content (AvgIpc) is 2.80. The second-order valence-electron chi connectivity index (χ2n) is 6.93. The summed E-state index contributed by atoms with van der Waals surface area (Å²) in [5, 5.41) is 9.98. The molecule has 4 nitrogen and oxygen atoms in total. The maximum Gasteiger partial charge on any atom is 0.171 e. The molecule has 0 amide bonds. The highest BCUT2D eigenvalue weighted by Crippen LogP contribution is 2.33. The molecule has 0 unspecified atom stereocenters. The van der Waals surface area contributed by atoms with Gasteiger partial charge in [-0.05, 0) is 48.4 Å². The molecule has 0 saturated heterocycles. The molecule has 0 spiro atoms. The van der Waals surface area contributed by atoms with Crippen LogP contribution in [0.3, 0.4) is 0 Å². The Labute approximate surface area is 174 Å². The van der Waals surface area contributed by atoms with Crippen molar-refractivity contribution in [2.75, 3.05) is 6.61 Å². The molecule has 150 valence electrons. The van der Waals surface area contributed by atoms with Crippen LogP contribution in [-0.2, 0) is 6.42 Å². The number of para-hydroxylation sites is 1. The largest absolute Gasteiger partial charge is 0.453 e. The van der Waals surface area contributed by atoms with E-state index in [1.165, 1.54) is 12.1 Å². The summed E-state index contributed by atoms with van der Waals surface area (Å²) in [4.78, 5) is 9.19. The highest BCUT2D eigenvalue weighted by Gasteiger charge is 2.19. The van der Waals surface area contributed by atoms with Gasteiger partial charge in [0.25, 0.3) is 0 Å². The predicted molar refractivity (Wildman–Crippen MR) is 114 cm³/mol. The molecule has 1 heterocycles. The van der Waals surface area contributed by atoms with Gasteiger partial charge in [-0.3, -0.25) is 0 Å². The molecule has 0 saturated carbocycles. The Hall–Kier alpha value is -3.57. The first-order chi connectivity index (χ1) is 14.7. The van der Waals surface area contributed by atoms with E-state index >= 15 is 0 Å². The summed E-state index contributed by atoms with van der Waals surface area (Å²) in [6, 6.07) is 25.3. The fourth-order valence-corrected chi connectivity index (χ4v) is 3.22. The molecule has 0 fully saturated rings. The van der Waals surface area contributed by atoms with Crippen molar-refractivity contribution in [1.29, 1.82) is 0 Å². The molecular formula is C25H21FN2O2. The standard InChI is InChI=1S/C25H21FN2O2/c26-21-13-11-19(12-14-21)24-23(30-22-9-5-2-6-10-22)16-27-25(28-24)20(17-29)15-18-7-3-1-4-8-18/h1-14,16,20,29H,15,17H2/t20-/m1/s1. The van der Waals surface area contributed by atoms with Gasteiger partial charge in [-0.25, -0.2) is 14.4 Å². The summed E-state index contributed by atoms with van der Waals surface area (Å²) in [5.41, 5.74) is 2.35. The smallest absolute Gasteiger partial charge is 0.171 e. The first-order valence-corrected chi connectivity index (χ1v) is 9.73. The third kappa shape index (κ3) is 4.70. The molecule has 0 bridgehead atoms. The van der Waals surface area contributed by atoms with Gasteiger partial charge >= 0.3 is 0 Å². The highest BCUT2D eigenvalue weighted by atomic mass is 19.1. The van der Waals surface area contributed by atoms with Crippen LogP contribution in [0.25, 0.3) is 11.3 Å². The number of hydrogen-bond donors (Lipinski definition) is 1. The van der Waals surface area contributed by atoms with E-state index in [-0.39, 0.29) is 18.3 Å². The van der Waals surface area contributed by atoms with Gasteiger partial charge < -0.3 is 9.84 Å². The highest BCUT2D eigenvalue weighted by molar-refractivity contribution is 5.66. The van der Waals surface area contributed by atoms with Crippen molar-refractivity contribution in [3.05, 3.63) is 108 Å². The van der Waals surface area contributed by atoms with Gasteiger partial charge in [-0.2, -0.15) is 0 Å². The first kappa shape index (κ1) is 19.7. The molecule has 1 aromatic heterocycles. The predicted octanol–water partition coefficient (Wildman–Crippen LogP) is 5.39. The average molecular weight is 400 g/mol. The lowest BCUT2D eigenvalue weighted by atomic mass is 9.99. The monoisotopic (exact) mass is 400 g/mol. The molecule has 0 aliphatic rings. The van der Waals surface area contributed by atoms with Gasteiger partial charge in [0.2, 0.25) is 0 Å². The normalized spacial score (nSPS) is 11.8. The lowest BCUT2D eigenvalue weighted by Gasteiger charge is -2.16. The zero-order chi connectivity index (χ0) is 20.8. The van der Waals surface area contributed by atoms with Crippen LogP contribution in [0.4, 0.5) is 4.39 Å². The van der Waals surface area contributed by atoms with Crippen molar-refractivity contribution in [3.8, 4) is 22.8 Å². The molecule has 30 heavy (non-hydrogen) atoms. The Morgan fingerprint density at radius 2 is 1.53 bits per heavy atom. The first-order valence-electron chi connectivity index (χ1n) is 9.73. The zero-order valence-electron chi connectivity index (χ0n) is 16.3. The lowest BCUT2D eigenvalue weighted by molar-refractivity contribution is 0.259. The summed E-state index contributed by atoms with van der Waals surface area (Å²) in [6.07, 6.45) is 2.22. The van der Waals surface area contributed by atoms with Crippen LogP contribution in [0.2, 0.25) is 0 Å². The molecular weight excluding hydrogens is 379 g/mol. The molecule has 4 rings (SSSR count). The lowest BCUT2D eigenvalue weighted by Crippen LogP contribution is -2.12. The van der Waals surface area contributed by atoms with E-state index in [4.69, 9.17) is 9.72 Å². The number of benzene rings is 3. The third-order valence-corrected chi connectivity index (χ3v) is 4.77. The Balaban J connectivity index is 1.72. The van der Waals surface area contributed by atoms with Gasteiger partial charge in [-0.1, -0.05) is 48.5 Å². The van der Waals surface area contributed by atoms with Crippen molar-refractivity contribution in [2.24, 2.45) is 0 Å². The van der Waals surface area contributed by atoms with E-state index in [1.54, 1.807) is 18.3 Å². The molecule has 5 heteroatoms. The van der Waals surface area contributed by atoms with Crippen molar-refractivity contribution in [1.82, 2.24) is 9.97 Å². The minimum absolute atomic E-state index is 0.0867. The topological polar surface area (TPSA) is 55.2 Å². The van der Waals surface area contributed by atoms with E-state index in [2.05, 4.69) is 4.98 Å². The number of aliphatic hydroxyl groups is 1. The summed E-state index contributed by atoms with van der Waals surface area (Å²) in [7, 11) is 0. The molecule has 4 aromatic rings. The van der Waals surface area contributed by atoms with Crippen LogP contribution in [0.1, 0.15) is 17.3 Å². The number of rotatable bonds is 7. The minimum Gasteiger partial charge on any atom is -0.453 e. The quantitative estimate of drug-likeness (QED) is 0.452. The molecule has 0 radical (unpaired) electrons. The Kier molecular flexibility index (Phi) is 6.11. The molecule has 1 N–H and O–H groups in total. The van der Waals surface area contributed by atoms with Crippen LogP contribution < -0.4 is 4.74 Å². The number of nitrogens with zero attached hydrogens (tertiary/aromatic N) is 2. The summed E-state index contributed by atoms with van der Waals surface area (Å²) in [5.74, 6) is 1.04. The van der Waals surface area contributed by atoms with Crippen LogP contribution in [0, 0.1) is 5.82 Å². The van der Waals surface area contributed by atoms with Crippen LogP contribution in [-0.4, -0.2) is 21.7 Å². The Morgan fingerprint density at radius 1 is 0.867 bits per heavy atom. The van der Waals surface area contributed by atoms with Gasteiger partial charge in [0.15, 0.2) is 5.75 Å². The minimum atomic E-state index is -0.323. The summed E-state index contributed by atoms with van der Waals surface area (Å²) in [6.45, 7) is -0.0867. The van der Waals surface area contributed by atoms with Crippen molar-refractivity contribution >= 4 is 0 Å². The second-order valence-corrected chi connectivity index (χ2v) is 6.93. The molecule has 1 atom stereocenters. The molecule has 0 aliphatic carbocycles. The fraction of sp³-hybridized carbons (Fsp3) is 0.120. The van der Waals surface area contributed by atoms with Crippen LogP contribution >= 0.6 is 0 Å². The number of aliphatic hydroxyl groups excluding tert-OH is 1. The van der Waals surface area contributed by atoms with Crippen molar-refractivity contribution in [2.45, 2.75) is 12.3 Å². The van der Waals surface area contributed by atoms with Crippen LogP contribution in [0.5, 0.6) is 11.5 Å². The van der Waals surface area contributed by atoms with E-state index < -0.39 is 0 Å². The summed E-state index contributed by atoms with van der Waals surface area (Å²) >= 11 is 0. The zero-order valence-corrected chi connectivity index (χ0v) is 16.3. The second kappa shape index (κ2) is 9.29. The maximum absolute atomic E-state index is 13.5. The fourth-order valence-electron chi connectivity index (χ4n) is 3.22. The van der Waals surface area contributed by atoms with Gasteiger partial charge in [0, 0.05) is 11.5 Å². The van der Waals surface area contributed by atoms with E-state index in [9.17, 15) is 9.50 Å². The summed E-state index contributed by atoms with van der Waals surface area (Å²) < 4.78 is 19.5. The number of halogens is 1. The molecule has 3 aromatic carbocycles. The number of ether oxygens (including phenoxy) is 1. The number of aromatic nitrogens is 2. The SMILES string of the molecule is OC[C@@H](Cc1ccccc1)c1ncc(Oc2ccccc2)c(-c2ccc(F)cc2)n1. The van der Waals surface area contributed by atoms with Gasteiger partial charge in [-0.15, -0.1) is 0 Å². The van der Waals surface area contributed by atoms with Crippen LogP contribution in [0.15, 0.2) is 91.1 Å². The third-order valence-electron chi connectivity index (χ3n) is 4.77. The Bertz CT molecular complexity index is 1090. The maximum atomic E-state index is 13.5. The number of hydrogen-bond acceptors (Lipinski definition) is 4. The van der Waals surface area contributed by atoms with E-state index in [0.717, 1.165) is 5.56 Å². The van der Waals surface area contributed by atoms with E-state index in [1.807, 2.05) is 60.7 Å². The van der Waals surface area contributed by atoms with Crippen molar-refractivity contribution in [3.63, 3.8) is 0 Å². The van der Waals surface area contributed by atoms with Gasteiger partial charge in [0.1, 0.15) is 23.1 Å². The Morgan fingerprint density at radius 3 is 2.20 bits per heavy atom. The van der Waals surface area contributed by atoms with Gasteiger partial charge in [0.05, 0.1) is 12.8 Å². The molecule has 0 aliphatic heterocycles.